The Labute approximate surface area is 269 Å². The van der Waals surface area contributed by atoms with Crippen LogP contribution in [0.25, 0.3) is 21.8 Å². The Morgan fingerprint density at radius 2 is 1.63 bits per heavy atom. The maximum absolute atomic E-state index is 13.1. The molecule has 0 saturated heterocycles. The van der Waals surface area contributed by atoms with E-state index < -0.39 is 23.9 Å². The van der Waals surface area contributed by atoms with Gasteiger partial charge >= 0.3 is 11.9 Å². The second-order valence-electron chi connectivity index (χ2n) is 9.90. The van der Waals surface area contributed by atoms with E-state index in [2.05, 4.69) is 25.5 Å². The molecule has 0 radical (unpaired) electrons. The van der Waals surface area contributed by atoms with Crippen molar-refractivity contribution < 1.29 is 33.8 Å². The zero-order valence-electron chi connectivity index (χ0n) is 25.6. The van der Waals surface area contributed by atoms with Crippen LogP contribution in [0.4, 0.5) is 5.69 Å². The number of amides is 2. The Hall–Kier alpha value is -5.43. The Kier molecular flexibility index (Phi) is 11.3. The largest absolute Gasteiger partial charge is 0.506 e. The van der Waals surface area contributed by atoms with Gasteiger partial charge in [-0.15, -0.1) is 11.8 Å². The second-order valence-corrected chi connectivity index (χ2v) is 10.8. The minimum atomic E-state index is -0.972. The number of methoxy groups -OCH3 is 1. The molecule has 46 heavy (non-hydrogen) atoms. The number of phenols is 1. The van der Waals surface area contributed by atoms with Crippen LogP contribution < -0.4 is 15.0 Å². The number of nitrogens with one attached hydrogen (secondary N) is 2. The lowest BCUT2D eigenvalue weighted by Crippen LogP contribution is -2.44. The van der Waals surface area contributed by atoms with Gasteiger partial charge in [0.05, 0.1) is 19.1 Å². The lowest BCUT2D eigenvalue weighted by Gasteiger charge is -2.27. The number of benzene rings is 4. The summed E-state index contributed by atoms with van der Waals surface area (Å²) >= 11 is 1.71. The first kappa shape index (κ1) is 33.5. The predicted molar refractivity (Wildman–Crippen MR) is 175 cm³/mol. The molecule has 13 heteroatoms. The van der Waals surface area contributed by atoms with E-state index in [0.29, 0.717) is 16.5 Å². The van der Waals surface area contributed by atoms with Crippen LogP contribution in [0.1, 0.15) is 30.6 Å². The Morgan fingerprint density at radius 1 is 0.957 bits per heavy atom. The van der Waals surface area contributed by atoms with Gasteiger partial charge in [-0.25, -0.2) is 4.79 Å². The van der Waals surface area contributed by atoms with Crippen molar-refractivity contribution >= 4 is 63.0 Å². The predicted octanol–water partition coefficient (Wildman–Crippen LogP) is 4.87. The van der Waals surface area contributed by atoms with Crippen LogP contribution in [-0.2, 0) is 19.1 Å². The normalized spacial score (nSPS) is 11.2. The summed E-state index contributed by atoms with van der Waals surface area (Å²) in [6, 6.07) is 21.6. The molecule has 1 aromatic heterocycles. The fraction of sp³-hybridized carbons (Fsp3) is 0.212. The molecule has 2 amide bonds. The van der Waals surface area contributed by atoms with Gasteiger partial charge in [-0.05, 0) is 49.6 Å². The molecule has 3 N–H and O–H groups in total. The number of ether oxygens (including phenoxy) is 2. The molecule has 5 aromatic rings. The molecule has 0 aliphatic carbocycles. The van der Waals surface area contributed by atoms with Crippen LogP contribution in [0.3, 0.4) is 0 Å². The van der Waals surface area contributed by atoms with E-state index in [0.717, 1.165) is 11.0 Å². The number of esters is 2. The third-order valence-corrected chi connectivity index (χ3v) is 7.63. The topological polar surface area (TPSA) is 164 Å². The number of fused-ring (bicyclic) bond motifs is 2. The first-order chi connectivity index (χ1) is 22.1. The fourth-order valence-electron chi connectivity index (χ4n) is 4.57. The number of hydrogen-bond acceptors (Lipinski definition) is 10. The highest BCUT2D eigenvalue weighted by Gasteiger charge is 2.28. The highest BCUT2D eigenvalue weighted by atomic mass is 32.2. The lowest BCUT2D eigenvalue weighted by atomic mass is 10.0. The average Bonchev–Trinajstić information content (AvgIpc) is 3.54. The van der Waals surface area contributed by atoms with Gasteiger partial charge in [-0.3, -0.25) is 19.3 Å². The number of carbonyl (C=O) groups is 4. The van der Waals surface area contributed by atoms with Crippen molar-refractivity contribution in [1.29, 1.82) is 0 Å². The van der Waals surface area contributed by atoms with Crippen molar-refractivity contribution in [3.63, 3.8) is 0 Å². The highest BCUT2D eigenvalue weighted by Crippen LogP contribution is 2.36. The molecule has 12 nitrogen and oxygen atoms in total. The number of phenolic OH excluding ortho intramolecular Hbond substituents is 1. The Bertz CT molecular complexity index is 1860. The van der Waals surface area contributed by atoms with E-state index in [4.69, 9.17) is 4.74 Å². The van der Waals surface area contributed by atoms with Crippen LogP contribution in [0.5, 0.6) is 11.5 Å². The Morgan fingerprint density at radius 3 is 2.30 bits per heavy atom. The zero-order valence-corrected chi connectivity index (χ0v) is 26.5. The first-order valence-electron chi connectivity index (χ1n) is 14.1. The number of thioether (sulfide) groups is 1. The van der Waals surface area contributed by atoms with Crippen molar-refractivity contribution in [2.45, 2.75) is 31.2 Å². The summed E-state index contributed by atoms with van der Waals surface area (Å²) in [7, 11) is 1.24. The number of para-hydroxylation sites is 1. The van der Waals surface area contributed by atoms with E-state index in [-0.39, 0.29) is 35.9 Å². The molecule has 5 rings (SSSR count). The molecule has 1 unspecified atom stereocenters. The minimum Gasteiger partial charge on any atom is -0.506 e. The molecule has 4 aromatic carbocycles. The number of aromatic amines is 1. The van der Waals surface area contributed by atoms with E-state index in [1.807, 2.05) is 24.5 Å². The highest BCUT2D eigenvalue weighted by molar-refractivity contribution is 7.98. The quantitative estimate of drug-likeness (QED) is 0.115. The summed E-state index contributed by atoms with van der Waals surface area (Å²) in [5, 5.41) is 24.5. The molecule has 0 saturated carbocycles. The molecule has 0 aliphatic heterocycles. The summed E-state index contributed by atoms with van der Waals surface area (Å²) in [6.45, 7) is 2.89. The fourth-order valence-corrected chi connectivity index (χ4v) is 5.01. The summed E-state index contributed by atoms with van der Waals surface area (Å²) in [5.74, 6) is -2.47. The standard InChI is InChI=1S/C26H26N2O7.C7H7N3S/c1-16(28(17(2)29)18-9-5-4-6-10-18)26(33)35-22-15-21(25(32)27-14-13-23(30)34-3)24(31)20-12-8-7-11-19(20)22;1-11-5-2-3-6-7(4-5)9-10-8-6/h4-12,15-16,31H,13-14H2,1-3H3,(H,27,32);2-4H,1H3,(H,8,9,10). The average molecular weight is 644 g/mol. The van der Waals surface area contributed by atoms with Gasteiger partial charge in [-0.2, -0.15) is 15.4 Å². The summed E-state index contributed by atoms with van der Waals surface area (Å²) in [5.41, 5.74) is 2.25. The molecule has 0 bridgehead atoms. The maximum Gasteiger partial charge on any atom is 0.334 e. The first-order valence-corrected chi connectivity index (χ1v) is 15.4. The van der Waals surface area contributed by atoms with Crippen LogP contribution in [0.15, 0.2) is 83.8 Å². The van der Waals surface area contributed by atoms with Crippen LogP contribution in [0.2, 0.25) is 0 Å². The van der Waals surface area contributed by atoms with E-state index in [1.54, 1.807) is 73.3 Å². The van der Waals surface area contributed by atoms with Crippen LogP contribution in [-0.4, -0.2) is 70.2 Å². The number of aromatic nitrogens is 3. The molecule has 1 heterocycles. The number of hydrogen-bond donors (Lipinski definition) is 3. The number of nitrogens with zero attached hydrogens (tertiary/aromatic N) is 3. The van der Waals surface area contributed by atoms with Crippen molar-refractivity contribution in [3.8, 4) is 11.5 Å². The molecule has 1 atom stereocenters. The van der Waals surface area contributed by atoms with Gasteiger partial charge in [0.25, 0.3) is 5.91 Å². The van der Waals surface area contributed by atoms with Gasteiger partial charge in [0, 0.05) is 34.8 Å². The van der Waals surface area contributed by atoms with Crippen LogP contribution in [0, 0.1) is 0 Å². The van der Waals surface area contributed by atoms with Gasteiger partial charge in [-0.1, -0.05) is 42.5 Å². The van der Waals surface area contributed by atoms with Gasteiger partial charge < -0.3 is 19.9 Å². The van der Waals surface area contributed by atoms with Crippen molar-refractivity contribution in [2.75, 3.05) is 24.8 Å². The number of H-pyrrole nitrogens is 1. The van der Waals surface area contributed by atoms with Gasteiger partial charge in [0.15, 0.2) is 0 Å². The smallest absolute Gasteiger partial charge is 0.334 e. The molecular weight excluding hydrogens is 610 g/mol. The summed E-state index contributed by atoms with van der Waals surface area (Å²) in [4.78, 5) is 52.0. The van der Waals surface area contributed by atoms with Crippen molar-refractivity contribution in [3.05, 3.63) is 84.4 Å². The third kappa shape index (κ3) is 7.99. The lowest BCUT2D eigenvalue weighted by molar-refractivity contribution is -0.140. The Balaban J connectivity index is 0.000000363. The number of carbonyl (C=O) groups excluding carboxylic acids is 4. The molecule has 0 spiro atoms. The number of aromatic hydroxyl groups is 1. The molecule has 0 aliphatic rings. The number of rotatable bonds is 9. The molecular formula is C33H33N5O7S. The third-order valence-electron chi connectivity index (χ3n) is 6.90. The van der Waals surface area contributed by atoms with Crippen molar-refractivity contribution in [1.82, 2.24) is 20.7 Å². The minimum absolute atomic E-state index is 0.00538. The van der Waals surface area contributed by atoms with Crippen molar-refractivity contribution in [2.24, 2.45) is 0 Å². The zero-order chi connectivity index (χ0) is 33.2. The molecule has 0 fully saturated rings. The SMILES string of the molecule is COC(=O)CCNC(=O)c1cc(OC(=O)C(C)N(C(C)=O)c2ccccc2)c2ccccc2c1O.CSc1ccc2n[nH]nc2c1. The van der Waals surface area contributed by atoms with E-state index >= 15 is 0 Å². The van der Waals surface area contributed by atoms with Gasteiger partial charge in [0.1, 0.15) is 28.6 Å². The number of anilines is 1. The van der Waals surface area contributed by atoms with E-state index in [1.165, 1.54) is 29.9 Å². The van der Waals surface area contributed by atoms with Crippen LogP contribution >= 0.6 is 11.8 Å². The monoisotopic (exact) mass is 643 g/mol. The van der Waals surface area contributed by atoms with E-state index in [9.17, 15) is 24.3 Å². The van der Waals surface area contributed by atoms with Gasteiger partial charge in [0.2, 0.25) is 5.91 Å². The summed E-state index contributed by atoms with van der Waals surface area (Å²) < 4.78 is 10.2. The second kappa shape index (κ2) is 15.5. The summed E-state index contributed by atoms with van der Waals surface area (Å²) in [6.07, 6.45) is 2.00. The maximum atomic E-state index is 13.1. The molecule has 238 valence electrons.